The van der Waals surface area contributed by atoms with Crippen LogP contribution in [0.1, 0.15) is 15.9 Å². The van der Waals surface area contributed by atoms with E-state index in [0.717, 1.165) is 5.56 Å². The molecule has 0 radical (unpaired) electrons. The van der Waals surface area contributed by atoms with Gasteiger partial charge in [0, 0.05) is 19.2 Å². The van der Waals surface area contributed by atoms with Gasteiger partial charge >= 0.3 is 0 Å². The molecular weight excluding hydrogens is 222 g/mol. The van der Waals surface area contributed by atoms with Gasteiger partial charge in [-0.3, -0.25) is 4.79 Å². The van der Waals surface area contributed by atoms with Gasteiger partial charge in [0.15, 0.2) is 0 Å². The van der Waals surface area contributed by atoms with Crippen molar-refractivity contribution < 1.29 is 19.7 Å². The molecule has 0 aromatic heterocycles. The lowest BCUT2D eigenvalue weighted by Gasteiger charge is -2.09. The molecule has 0 heterocycles. The predicted octanol–water partition coefficient (Wildman–Crippen LogP) is -0.0840. The van der Waals surface area contributed by atoms with Crippen molar-refractivity contribution in [2.75, 3.05) is 20.3 Å². The Morgan fingerprint density at radius 1 is 1.53 bits per heavy atom. The Bertz CT molecular complexity index is 367. The molecule has 1 rings (SSSR count). The minimum atomic E-state index is -0.930. The van der Waals surface area contributed by atoms with Crippen molar-refractivity contribution in [2.45, 2.75) is 12.7 Å². The summed E-state index contributed by atoms with van der Waals surface area (Å²) in [6.07, 6.45) is -0.930. The van der Waals surface area contributed by atoms with E-state index in [-0.39, 0.29) is 19.1 Å². The van der Waals surface area contributed by atoms with Crippen molar-refractivity contribution in [3.63, 3.8) is 0 Å². The highest BCUT2D eigenvalue weighted by atomic mass is 16.5. The number of ether oxygens (including phenoxy) is 1. The number of aliphatic hydroxyl groups is 2. The molecule has 0 saturated heterocycles. The third-order valence-electron chi connectivity index (χ3n) is 2.21. The number of amides is 1. The molecule has 5 heteroatoms. The number of aliphatic hydroxyl groups excluding tert-OH is 2. The molecule has 3 N–H and O–H groups in total. The number of methoxy groups -OCH3 is 1. The lowest BCUT2D eigenvalue weighted by molar-refractivity contribution is 0.0802. The zero-order chi connectivity index (χ0) is 12.7. The van der Waals surface area contributed by atoms with Gasteiger partial charge in [0.05, 0.1) is 19.3 Å². The molecule has 0 saturated carbocycles. The molecule has 1 amide bonds. The lowest BCUT2D eigenvalue weighted by atomic mass is 10.1. The van der Waals surface area contributed by atoms with Gasteiger partial charge in [0.1, 0.15) is 0 Å². The first kappa shape index (κ1) is 13.6. The van der Waals surface area contributed by atoms with Gasteiger partial charge in [0.2, 0.25) is 0 Å². The van der Waals surface area contributed by atoms with E-state index in [2.05, 4.69) is 5.32 Å². The van der Waals surface area contributed by atoms with Gasteiger partial charge in [-0.15, -0.1) is 0 Å². The van der Waals surface area contributed by atoms with E-state index in [0.29, 0.717) is 12.2 Å². The number of carbonyl (C=O) groups is 1. The summed E-state index contributed by atoms with van der Waals surface area (Å²) in [6, 6.07) is 7.04. The largest absolute Gasteiger partial charge is 0.394 e. The SMILES string of the molecule is COCc1cccc(C(=O)NCC(O)CO)c1. The van der Waals surface area contributed by atoms with Crippen LogP contribution in [0, 0.1) is 0 Å². The summed E-state index contributed by atoms with van der Waals surface area (Å²) in [7, 11) is 1.59. The molecule has 17 heavy (non-hydrogen) atoms. The van der Waals surface area contributed by atoms with Crippen molar-refractivity contribution in [1.29, 1.82) is 0 Å². The van der Waals surface area contributed by atoms with Crippen molar-refractivity contribution >= 4 is 5.91 Å². The molecule has 1 atom stereocenters. The fourth-order valence-corrected chi connectivity index (χ4v) is 1.35. The number of hydrogen-bond acceptors (Lipinski definition) is 4. The fraction of sp³-hybridized carbons (Fsp3) is 0.417. The van der Waals surface area contributed by atoms with Crippen LogP contribution >= 0.6 is 0 Å². The number of benzene rings is 1. The number of rotatable bonds is 6. The zero-order valence-electron chi connectivity index (χ0n) is 9.72. The van der Waals surface area contributed by atoms with E-state index < -0.39 is 6.10 Å². The highest BCUT2D eigenvalue weighted by Crippen LogP contribution is 2.06. The normalized spacial score (nSPS) is 12.2. The second kappa shape index (κ2) is 7.01. The maximum atomic E-state index is 11.7. The van der Waals surface area contributed by atoms with Crippen molar-refractivity contribution in [2.24, 2.45) is 0 Å². The van der Waals surface area contributed by atoms with Crippen molar-refractivity contribution in [3.8, 4) is 0 Å². The first-order chi connectivity index (χ1) is 8.17. The Labute approximate surface area is 100 Å². The smallest absolute Gasteiger partial charge is 0.251 e. The number of hydrogen-bond donors (Lipinski definition) is 3. The molecule has 0 fully saturated rings. The Balaban J connectivity index is 2.59. The van der Waals surface area contributed by atoms with Crippen molar-refractivity contribution in [3.05, 3.63) is 35.4 Å². The third kappa shape index (κ3) is 4.52. The first-order valence-electron chi connectivity index (χ1n) is 5.32. The molecular formula is C12H17NO4. The second-order valence-corrected chi connectivity index (χ2v) is 3.68. The number of nitrogens with one attached hydrogen (secondary N) is 1. The summed E-state index contributed by atoms with van der Waals surface area (Å²) >= 11 is 0. The summed E-state index contributed by atoms with van der Waals surface area (Å²) < 4.78 is 4.97. The summed E-state index contributed by atoms with van der Waals surface area (Å²) in [5, 5.41) is 20.3. The van der Waals surface area contributed by atoms with Crippen LogP contribution in [0.5, 0.6) is 0 Å². The van der Waals surface area contributed by atoms with Gasteiger partial charge in [-0.1, -0.05) is 12.1 Å². The van der Waals surface area contributed by atoms with E-state index >= 15 is 0 Å². The first-order valence-corrected chi connectivity index (χ1v) is 5.32. The molecule has 1 aromatic carbocycles. The van der Waals surface area contributed by atoms with Gasteiger partial charge in [0.25, 0.3) is 5.91 Å². The predicted molar refractivity (Wildman–Crippen MR) is 62.6 cm³/mol. The minimum Gasteiger partial charge on any atom is -0.394 e. The van der Waals surface area contributed by atoms with E-state index in [1.165, 1.54) is 0 Å². The van der Waals surface area contributed by atoms with E-state index in [9.17, 15) is 4.79 Å². The maximum Gasteiger partial charge on any atom is 0.251 e. The molecule has 5 nitrogen and oxygen atoms in total. The van der Waals surface area contributed by atoms with Crippen LogP contribution in [0.2, 0.25) is 0 Å². The summed E-state index contributed by atoms with van der Waals surface area (Å²) in [5.41, 5.74) is 1.41. The molecule has 94 valence electrons. The minimum absolute atomic E-state index is 0.0316. The highest BCUT2D eigenvalue weighted by Gasteiger charge is 2.08. The van der Waals surface area contributed by atoms with Gasteiger partial charge in [-0.05, 0) is 17.7 Å². The number of carbonyl (C=O) groups excluding carboxylic acids is 1. The lowest BCUT2D eigenvalue weighted by Crippen LogP contribution is -2.33. The van der Waals surface area contributed by atoms with E-state index in [1.54, 1.807) is 25.3 Å². The van der Waals surface area contributed by atoms with Crippen LogP contribution in [-0.2, 0) is 11.3 Å². The summed E-state index contributed by atoms with van der Waals surface area (Å²) in [5.74, 6) is -0.282. The fourth-order valence-electron chi connectivity index (χ4n) is 1.35. The van der Waals surface area contributed by atoms with Gasteiger partial charge in [-0.25, -0.2) is 0 Å². The Morgan fingerprint density at radius 3 is 2.94 bits per heavy atom. The molecule has 0 aliphatic carbocycles. The molecule has 0 bridgehead atoms. The van der Waals surface area contributed by atoms with Gasteiger partial charge in [-0.2, -0.15) is 0 Å². The monoisotopic (exact) mass is 239 g/mol. The zero-order valence-corrected chi connectivity index (χ0v) is 9.72. The summed E-state index contributed by atoms with van der Waals surface area (Å²) in [6.45, 7) is 0.105. The van der Waals surface area contributed by atoms with Crippen LogP contribution in [0.25, 0.3) is 0 Å². The van der Waals surface area contributed by atoms with E-state index in [1.807, 2.05) is 6.07 Å². The topological polar surface area (TPSA) is 78.8 Å². The van der Waals surface area contributed by atoms with E-state index in [4.69, 9.17) is 14.9 Å². The quantitative estimate of drug-likeness (QED) is 0.648. The standard InChI is InChI=1S/C12H17NO4/c1-17-8-9-3-2-4-10(5-9)12(16)13-6-11(15)7-14/h2-5,11,14-15H,6-8H2,1H3,(H,13,16). The Kier molecular flexibility index (Phi) is 5.62. The van der Waals surface area contributed by atoms with Crippen LogP contribution in [0.4, 0.5) is 0 Å². The van der Waals surface area contributed by atoms with Crippen molar-refractivity contribution in [1.82, 2.24) is 5.32 Å². The van der Waals surface area contributed by atoms with Crippen LogP contribution < -0.4 is 5.32 Å². The Morgan fingerprint density at radius 2 is 2.29 bits per heavy atom. The van der Waals surface area contributed by atoms with Crippen LogP contribution in [0.3, 0.4) is 0 Å². The van der Waals surface area contributed by atoms with Crippen LogP contribution in [-0.4, -0.2) is 42.5 Å². The molecule has 1 aromatic rings. The molecule has 0 spiro atoms. The van der Waals surface area contributed by atoms with Crippen LogP contribution in [0.15, 0.2) is 24.3 Å². The average molecular weight is 239 g/mol. The highest BCUT2D eigenvalue weighted by molar-refractivity contribution is 5.94. The molecule has 1 unspecified atom stereocenters. The van der Waals surface area contributed by atoms with Gasteiger partial charge < -0.3 is 20.3 Å². The third-order valence-corrected chi connectivity index (χ3v) is 2.21. The second-order valence-electron chi connectivity index (χ2n) is 3.68. The molecule has 0 aliphatic rings. The average Bonchev–Trinajstić information content (AvgIpc) is 2.36. The summed E-state index contributed by atoms with van der Waals surface area (Å²) in [4.78, 5) is 11.7. The molecule has 0 aliphatic heterocycles. The maximum absolute atomic E-state index is 11.7. The Hall–Kier alpha value is -1.43.